The molecule has 2 rings (SSSR count). The van der Waals surface area contributed by atoms with Crippen LogP contribution < -0.4 is 16.2 Å². The number of nitrogens with two attached hydrogens (primary N) is 1. The van der Waals surface area contributed by atoms with E-state index in [0.29, 0.717) is 0 Å². The van der Waals surface area contributed by atoms with E-state index in [4.69, 9.17) is 10.3 Å². The smallest absolute Gasteiger partial charge is 0.0935 e. The molecule has 1 heterocycles. The van der Waals surface area contributed by atoms with Crippen LogP contribution in [0.4, 0.5) is 5.69 Å². The lowest BCUT2D eigenvalue weighted by atomic mass is 10.0. The Morgan fingerprint density at radius 3 is 2.44 bits per heavy atom. The van der Waals surface area contributed by atoms with E-state index in [2.05, 4.69) is 34.6 Å². The van der Waals surface area contributed by atoms with Gasteiger partial charge in [-0.3, -0.25) is 11.3 Å². The van der Waals surface area contributed by atoms with Crippen molar-refractivity contribution in [2.75, 3.05) is 19.0 Å². The molecule has 18 heavy (non-hydrogen) atoms. The van der Waals surface area contributed by atoms with Gasteiger partial charge in [0, 0.05) is 19.8 Å². The molecule has 1 atom stereocenters. The highest BCUT2D eigenvalue weighted by Crippen LogP contribution is 2.21. The Hall–Kier alpha value is -1.78. The van der Waals surface area contributed by atoms with Crippen LogP contribution in [0.1, 0.15) is 17.2 Å². The van der Waals surface area contributed by atoms with Crippen LogP contribution in [0, 0.1) is 0 Å². The van der Waals surface area contributed by atoms with Gasteiger partial charge in [0.2, 0.25) is 0 Å². The fourth-order valence-electron chi connectivity index (χ4n) is 1.92. The summed E-state index contributed by atoms with van der Waals surface area (Å²) in [6.45, 7) is 0. The van der Waals surface area contributed by atoms with E-state index in [1.807, 2.05) is 20.2 Å². The summed E-state index contributed by atoms with van der Waals surface area (Å²) in [6, 6.07) is 10.4. The third-order valence-electron chi connectivity index (χ3n) is 3.03. The maximum Gasteiger partial charge on any atom is 0.0935 e. The van der Waals surface area contributed by atoms with Gasteiger partial charge in [-0.25, -0.2) is 0 Å². The highest BCUT2D eigenvalue weighted by molar-refractivity contribution is 5.46. The molecule has 1 aromatic carbocycles. The molecule has 0 saturated heterocycles. The Morgan fingerprint density at radius 1 is 1.22 bits per heavy atom. The average molecular weight is 245 g/mol. The lowest BCUT2D eigenvalue weighted by molar-refractivity contribution is 0.536. The monoisotopic (exact) mass is 245 g/mol. The summed E-state index contributed by atoms with van der Waals surface area (Å²) in [5.74, 6) is 5.63. The fraction of sp³-hybridized carbons (Fsp3) is 0.286. The van der Waals surface area contributed by atoms with Crippen LogP contribution in [0.15, 0.2) is 47.3 Å². The second kappa shape index (κ2) is 5.71. The molecule has 0 saturated carbocycles. The van der Waals surface area contributed by atoms with Gasteiger partial charge < -0.3 is 9.32 Å². The molecule has 0 fully saturated rings. The van der Waals surface area contributed by atoms with Crippen molar-refractivity contribution in [1.29, 1.82) is 0 Å². The van der Waals surface area contributed by atoms with E-state index in [1.54, 1.807) is 12.5 Å². The van der Waals surface area contributed by atoms with Crippen LogP contribution in [-0.2, 0) is 6.42 Å². The second-order valence-corrected chi connectivity index (χ2v) is 4.54. The SMILES string of the molecule is CN(C)c1ccc(C(Cc2ccoc2)NN)cc1. The largest absolute Gasteiger partial charge is 0.472 e. The van der Waals surface area contributed by atoms with Gasteiger partial charge >= 0.3 is 0 Å². The maximum atomic E-state index is 5.63. The van der Waals surface area contributed by atoms with Crippen LogP contribution in [0.3, 0.4) is 0 Å². The molecule has 0 radical (unpaired) electrons. The molecule has 2 aromatic rings. The molecule has 0 amide bonds. The first-order chi connectivity index (χ1) is 8.70. The third kappa shape index (κ3) is 2.91. The topological polar surface area (TPSA) is 54.4 Å². The summed E-state index contributed by atoms with van der Waals surface area (Å²) < 4.78 is 5.07. The second-order valence-electron chi connectivity index (χ2n) is 4.54. The molecule has 0 bridgehead atoms. The minimum absolute atomic E-state index is 0.0961. The van der Waals surface area contributed by atoms with Crippen molar-refractivity contribution in [2.24, 2.45) is 5.84 Å². The number of hydrogen-bond acceptors (Lipinski definition) is 4. The van der Waals surface area contributed by atoms with Crippen molar-refractivity contribution in [3.05, 3.63) is 54.0 Å². The summed E-state index contributed by atoms with van der Waals surface area (Å²) in [7, 11) is 4.05. The molecule has 1 aromatic heterocycles. The van der Waals surface area contributed by atoms with E-state index in [9.17, 15) is 0 Å². The summed E-state index contributed by atoms with van der Waals surface area (Å²) >= 11 is 0. The van der Waals surface area contributed by atoms with Crippen molar-refractivity contribution in [3.8, 4) is 0 Å². The summed E-state index contributed by atoms with van der Waals surface area (Å²) in [5.41, 5.74) is 6.33. The first kappa shape index (κ1) is 12.7. The highest BCUT2D eigenvalue weighted by atomic mass is 16.3. The minimum Gasteiger partial charge on any atom is -0.472 e. The number of hydrogen-bond donors (Lipinski definition) is 2. The van der Waals surface area contributed by atoms with E-state index in [0.717, 1.165) is 12.0 Å². The van der Waals surface area contributed by atoms with Crippen LogP contribution in [0.25, 0.3) is 0 Å². The zero-order valence-corrected chi connectivity index (χ0v) is 10.8. The number of nitrogens with zero attached hydrogens (tertiary/aromatic N) is 1. The molecule has 0 aliphatic rings. The van der Waals surface area contributed by atoms with Crippen molar-refractivity contribution in [3.63, 3.8) is 0 Å². The van der Waals surface area contributed by atoms with Gasteiger partial charge in [0.1, 0.15) is 0 Å². The summed E-state index contributed by atoms with van der Waals surface area (Å²) in [6.07, 6.45) is 4.24. The van der Waals surface area contributed by atoms with E-state index < -0.39 is 0 Å². The summed E-state index contributed by atoms with van der Waals surface area (Å²) in [4.78, 5) is 2.07. The van der Waals surface area contributed by atoms with Gasteiger partial charge in [-0.05, 0) is 35.7 Å². The zero-order chi connectivity index (χ0) is 13.0. The normalized spacial score (nSPS) is 12.4. The Morgan fingerprint density at radius 2 is 1.94 bits per heavy atom. The zero-order valence-electron chi connectivity index (χ0n) is 10.8. The molecule has 0 aliphatic heterocycles. The number of furan rings is 1. The van der Waals surface area contributed by atoms with Crippen LogP contribution in [0.5, 0.6) is 0 Å². The van der Waals surface area contributed by atoms with Gasteiger partial charge in [0.05, 0.1) is 18.6 Å². The molecule has 4 heteroatoms. The molecule has 96 valence electrons. The van der Waals surface area contributed by atoms with Crippen LogP contribution in [0.2, 0.25) is 0 Å². The Labute approximate surface area is 107 Å². The average Bonchev–Trinajstić information content (AvgIpc) is 2.89. The predicted octanol–water partition coefficient (Wildman–Crippen LogP) is 2.09. The highest BCUT2D eigenvalue weighted by Gasteiger charge is 2.11. The molecule has 0 aliphatic carbocycles. The molecule has 1 unspecified atom stereocenters. The number of hydrazine groups is 1. The van der Waals surface area contributed by atoms with Gasteiger partial charge in [0.15, 0.2) is 0 Å². The lowest BCUT2D eigenvalue weighted by Crippen LogP contribution is -2.29. The first-order valence-electron chi connectivity index (χ1n) is 5.95. The van der Waals surface area contributed by atoms with E-state index in [-0.39, 0.29) is 6.04 Å². The standard InChI is InChI=1S/C14H19N3O/c1-17(2)13-5-3-12(4-6-13)14(16-15)9-11-7-8-18-10-11/h3-8,10,14,16H,9,15H2,1-2H3. The van der Waals surface area contributed by atoms with Crippen molar-refractivity contribution in [2.45, 2.75) is 12.5 Å². The van der Waals surface area contributed by atoms with Crippen LogP contribution in [-0.4, -0.2) is 14.1 Å². The molecular formula is C14H19N3O. The Bertz CT molecular complexity index is 462. The Balaban J connectivity index is 2.12. The van der Waals surface area contributed by atoms with Gasteiger partial charge in [0.25, 0.3) is 0 Å². The Kier molecular flexibility index (Phi) is 4.02. The summed E-state index contributed by atoms with van der Waals surface area (Å²) in [5, 5.41) is 0. The molecule has 3 N–H and O–H groups in total. The maximum absolute atomic E-state index is 5.63. The van der Waals surface area contributed by atoms with Crippen molar-refractivity contribution >= 4 is 5.69 Å². The third-order valence-corrected chi connectivity index (χ3v) is 3.03. The quantitative estimate of drug-likeness (QED) is 0.625. The minimum atomic E-state index is 0.0961. The van der Waals surface area contributed by atoms with Gasteiger partial charge in [-0.1, -0.05) is 12.1 Å². The van der Waals surface area contributed by atoms with Crippen molar-refractivity contribution in [1.82, 2.24) is 5.43 Å². The van der Waals surface area contributed by atoms with Gasteiger partial charge in [-0.15, -0.1) is 0 Å². The van der Waals surface area contributed by atoms with E-state index >= 15 is 0 Å². The first-order valence-corrected chi connectivity index (χ1v) is 5.95. The van der Waals surface area contributed by atoms with Crippen molar-refractivity contribution < 1.29 is 4.42 Å². The predicted molar refractivity (Wildman–Crippen MR) is 73.2 cm³/mol. The number of anilines is 1. The van der Waals surface area contributed by atoms with Crippen LogP contribution >= 0.6 is 0 Å². The number of rotatable bonds is 5. The fourth-order valence-corrected chi connectivity index (χ4v) is 1.92. The van der Waals surface area contributed by atoms with Gasteiger partial charge in [-0.2, -0.15) is 0 Å². The molecule has 4 nitrogen and oxygen atoms in total. The number of benzene rings is 1. The molecular weight excluding hydrogens is 226 g/mol. The lowest BCUT2D eigenvalue weighted by Gasteiger charge is -2.18. The van der Waals surface area contributed by atoms with E-state index in [1.165, 1.54) is 11.3 Å². The number of nitrogens with one attached hydrogen (secondary N) is 1. The molecule has 0 spiro atoms.